The Bertz CT molecular complexity index is 747. The molecule has 3 fully saturated rings. The minimum atomic E-state index is -0.324. The van der Waals surface area contributed by atoms with Crippen LogP contribution in [0.25, 0.3) is 0 Å². The van der Waals surface area contributed by atoms with Crippen LogP contribution in [0, 0.1) is 17.2 Å². The second-order valence-corrected chi connectivity index (χ2v) is 8.13. The van der Waals surface area contributed by atoms with Crippen molar-refractivity contribution in [3.05, 3.63) is 35.6 Å². The highest BCUT2D eigenvalue weighted by Crippen LogP contribution is 2.45. The predicted octanol–water partition coefficient (Wildman–Crippen LogP) is 1.62. The van der Waals surface area contributed by atoms with E-state index in [-0.39, 0.29) is 35.6 Å². The van der Waals surface area contributed by atoms with Crippen LogP contribution >= 0.6 is 0 Å². The number of carbonyl (C=O) groups is 2. The molecule has 158 valence electrons. The van der Waals surface area contributed by atoms with Gasteiger partial charge in [-0.1, -0.05) is 12.1 Å². The van der Waals surface area contributed by atoms with E-state index in [1.54, 1.807) is 17.0 Å². The first-order valence-corrected chi connectivity index (χ1v) is 10.3. The van der Waals surface area contributed by atoms with Crippen LogP contribution < -0.4 is 5.32 Å². The fourth-order valence-electron chi connectivity index (χ4n) is 4.69. The van der Waals surface area contributed by atoms with Crippen LogP contribution in [0.5, 0.6) is 0 Å². The molecule has 8 heteroatoms. The number of benzene rings is 1. The molecule has 0 bridgehead atoms. The van der Waals surface area contributed by atoms with Gasteiger partial charge in [-0.15, -0.1) is 0 Å². The van der Waals surface area contributed by atoms with E-state index in [0.29, 0.717) is 58.2 Å². The number of nitrogens with one attached hydrogen (secondary N) is 1. The zero-order valence-electron chi connectivity index (χ0n) is 16.6. The average molecular weight is 405 g/mol. The maximum Gasteiger partial charge on any atom is 0.317 e. The first-order valence-electron chi connectivity index (χ1n) is 10.3. The van der Waals surface area contributed by atoms with Gasteiger partial charge in [-0.05, 0) is 30.5 Å². The maximum absolute atomic E-state index is 13.4. The number of morpholine rings is 1. The topological polar surface area (TPSA) is 71.1 Å². The molecule has 0 aliphatic carbocycles. The molecule has 1 spiro atoms. The standard InChI is InChI=1S/C21H28FN3O4/c22-17-3-1-2-16(12-17)13-23-20(27)25-14-18(19(26)24-6-10-29-11-7-24)21(15-25)4-8-28-9-5-21/h1-3,12,18H,4-11,13-15H2,(H,23,27)/t18-/m1/s1. The van der Waals surface area contributed by atoms with Gasteiger partial charge in [0.2, 0.25) is 5.91 Å². The van der Waals surface area contributed by atoms with Crippen molar-refractivity contribution in [1.29, 1.82) is 0 Å². The van der Waals surface area contributed by atoms with Crippen molar-refractivity contribution in [2.45, 2.75) is 19.4 Å². The summed E-state index contributed by atoms with van der Waals surface area (Å²) in [6.07, 6.45) is 1.56. The molecule has 1 aromatic carbocycles. The number of likely N-dealkylation sites (tertiary alicyclic amines) is 1. The number of nitrogens with zero attached hydrogens (tertiary/aromatic N) is 2. The molecule has 0 saturated carbocycles. The van der Waals surface area contributed by atoms with Crippen LogP contribution in [0.1, 0.15) is 18.4 Å². The monoisotopic (exact) mass is 405 g/mol. The fourth-order valence-corrected chi connectivity index (χ4v) is 4.69. The summed E-state index contributed by atoms with van der Waals surface area (Å²) in [5.74, 6) is -0.421. The van der Waals surface area contributed by atoms with Crippen LogP contribution in [0.15, 0.2) is 24.3 Å². The summed E-state index contributed by atoms with van der Waals surface area (Å²) in [5, 5.41) is 2.87. The lowest BCUT2D eigenvalue weighted by Gasteiger charge is -2.39. The molecule has 3 aliphatic rings. The van der Waals surface area contributed by atoms with Gasteiger partial charge in [-0.3, -0.25) is 4.79 Å². The van der Waals surface area contributed by atoms with E-state index in [9.17, 15) is 14.0 Å². The predicted molar refractivity (Wildman–Crippen MR) is 104 cm³/mol. The molecule has 29 heavy (non-hydrogen) atoms. The molecule has 0 aromatic heterocycles. The van der Waals surface area contributed by atoms with Gasteiger partial charge in [0.1, 0.15) is 5.82 Å². The minimum Gasteiger partial charge on any atom is -0.381 e. The van der Waals surface area contributed by atoms with Gasteiger partial charge >= 0.3 is 6.03 Å². The first kappa shape index (κ1) is 20.1. The Morgan fingerprint density at radius 3 is 2.55 bits per heavy atom. The van der Waals surface area contributed by atoms with Crippen LogP contribution in [-0.4, -0.2) is 74.3 Å². The molecule has 7 nitrogen and oxygen atoms in total. The van der Waals surface area contributed by atoms with Crippen molar-refractivity contribution in [1.82, 2.24) is 15.1 Å². The van der Waals surface area contributed by atoms with Gasteiger partial charge in [0.25, 0.3) is 0 Å². The van der Waals surface area contributed by atoms with Gasteiger partial charge in [-0.25, -0.2) is 9.18 Å². The molecule has 0 unspecified atom stereocenters. The fraction of sp³-hybridized carbons (Fsp3) is 0.619. The molecule has 4 rings (SSSR count). The second-order valence-electron chi connectivity index (χ2n) is 8.13. The van der Waals surface area contributed by atoms with E-state index in [1.165, 1.54) is 12.1 Å². The van der Waals surface area contributed by atoms with E-state index in [4.69, 9.17) is 9.47 Å². The number of ether oxygens (including phenoxy) is 2. The van der Waals surface area contributed by atoms with Crippen LogP contribution in [-0.2, 0) is 20.8 Å². The molecule has 0 radical (unpaired) electrons. The zero-order valence-corrected chi connectivity index (χ0v) is 16.6. The average Bonchev–Trinajstić information content (AvgIpc) is 3.11. The van der Waals surface area contributed by atoms with Gasteiger partial charge < -0.3 is 24.6 Å². The Labute approximate surface area is 170 Å². The molecule has 3 saturated heterocycles. The van der Waals surface area contributed by atoms with Crippen molar-refractivity contribution in [3.63, 3.8) is 0 Å². The van der Waals surface area contributed by atoms with Crippen molar-refractivity contribution in [3.8, 4) is 0 Å². The van der Waals surface area contributed by atoms with Crippen molar-refractivity contribution < 1.29 is 23.5 Å². The number of carbonyl (C=O) groups excluding carboxylic acids is 2. The summed E-state index contributed by atoms with van der Waals surface area (Å²) in [4.78, 5) is 29.7. The number of halogens is 1. The lowest BCUT2D eigenvalue weighted by molar-refractivity contribution is -0.144. The smallest absolute Gasteiger partial charge is 0.317 e. The molecule has 1 atom stereocenters. The summed E-state index contributed by atoms with van der Waals surface area (Å²) in [6.45, 7) is 4.78. The third-order valence-electron chi connectivity index (χ3n) is 6.38. The quantitative estimate of drug-likeness (QED) is 0.830. The van der Waals surface area contributed by atoms with Gasteiger partial charge in [0.05, 0.1) is 19.1 Å². The van der Waals surface area contributed by atoms with E-state index >= 15 is 0 Å². The normalized spacial score (nSPS) is 24.0. The maximum atomic E-state index is 13.4. The largest absolute Gasteiger partial charge is 0.381 e. The molecule has 3 amide bonds. The number of hydrogen-bond donors (Lipinski definition) is 1. The van der Waals surface area contributed by atoms with Crippen LogP contribution in [0.4, 0.5) is 9.18 Å². The molecular weight excluding hydrogens is 377 g/mol. The zero-order chi connectivity index (χ0) is 20.3. The summed E-state index contributed by atoms with van der Waals surface area (Å²) < 4.78 is 24.3. The van der Waals surface area contributed by atoms with Crippen molar-refractivity contribution in [2.75, 3.05) is 52.6 Å². The Morgan fingerprint density at radius 1 is 1.10 bits per heavy atom. The van der Waals surface area contributed by atoms with Gasteiger partial charge in [-0.2, -0.15) is 0 Å². The van der Waals surface area contributed by atoms with E-state index in [0.717, 1.165) is 12.8 Å². The third kappa shape index (κ3) is 4.38. The number of hydrogen-bond acceptors (Lipinski definition) is 4. The van der Waals surface area contributed by atoms with E-state index in [2.05, 4.69) is 5.32 Å². The van der Waals surface area contributed by atoms with E-state index in [1.807, 2.05) is 4.90 Å². The Morgan fingerprint density at radius 2 is 1.83 bits per heavy atom. The molecule has 1 N–H and O–H groups in total. The number of urea groups is 1. The highest BCUT2D eigenvalue weighted by molar-refractivity contribution is 5.83. The Hall–Kier alpha value is -2.19. The van der Waals surface area contributed by atoms with Gasteiger partial charge in [0.15, 0.2) is 0 Å². The number of rotatable bonds is 3. The van der Waals surface area contributed by atoms with Crippen LogP contribution in [0.3, 0.4) is 0 Å². The van der Waals surface area contributed by atoms with E-state index < -0.39 is 0 Å². The second kappa shape index (κ2) is 8.67. The summed E-state index contributed by atoms with van der Waals surface area (Å²) in [6, 6.07) is 5.98. The molecule has 3 heterocycles. The number of amides is 3. The molecular formula is C21H28FN3O4. The summed E-state index contributed by atoms with van der Waals surface area (Å²) in [7, 11) is 0. The van der Waals surface area contributed by atoms with Crippen molar-refractivity contribution >= 4 is 11.9 Å². The SMILES string of the molecule is O=C(NCc1cccc(F)c1)N1C[C@H](C(=O)N2CCOCC2)C2(CCOCC2)C1. The molecule has 3 aliphatic heterocycles. The summed E-state index contributed by atoms with van der Waals surface area (Å²) in [5.41, 5.74) is 0.475. The third-order valence-corrected chi connectivity index (χ3v) is 6.38. The molecule has 1 aromatic rings. The lowest BCUT2D eigenvalue weighted by Crippen LogP contribution is -2.49. The van der Waals surface area contributed by atoms with Crippen molar-refractivity contribution in [2.24, 2.45) is 11.3 Å². The Kier molecular flexibility index (Phi) is 6.01. The highest BCUT2D eigenvalue weighted by Gasteiger charge is 2.52. The van der Waals surface area contributed by atoms with Crippen LogP contribution in [0.2, 0.25) is 0 Å². The first-order chi connectivity index (χ1) is 14.1. The minimum absolute atomic E-state index is 0.121. The lowest BCUT2D eigenvalue weighted by atomic mass is 9.71. The summed E-state index contributed by atoms with van der Waals surface area (Å²) >= 11 is 0. The Balaban J connectivity index is 1.44. The van der Waals surface area contributed by atoms with Gasteiger partial charge in [0, 0.05) is 51.4 Å². The highest BCUT2D eigenvalue weighted by atomic mass is 19.1.